The molecule has 0 unspecified atom stereocenters. The van der Waals surface area contributed by atoms with Gasteiger partial charge in [-0.1, -0.05) is 61.9 Å². The Balaban J connectivity index is 1.88. The predicted octanol–water partition coefficient (Wildman–Crippen LogP) is 6.06. The van der Waals surface area contributed by atoms with Crippen LogP contribution >= 0.6 is 11.6 Å². The van der Waals surface area contributed by atoms with Crippen LogP contribution in [0.15, 0.2) is 49.0 Å². The molecule has 0 amide bonds. The Labute approximate surface area is 144 Å². The standard InChI is InChI=1S/C21H24ClN/c1-15(2)17-7-5-16(6-8-17)14-23-12-11-21(3,4)19-13-18(22)9-10-20(19)23/h5-10,13H,1,11-12,14H2,2-4H3. The molecule has 0 spiro atoms. The van der Waals surface area contributed by atoms with Crippen molar-refractivity contribution in [3.8, 4) is 0 Å². The summed E-state index contributed by atoms with van der Waals surface area (Å²) in [6.45, 7) is 12.7. The van der Waals surface area contributed by atoms with Gasteiger partial charge in [-0.25, -0.2) is 0 Å². The molecule has 23 heavy (non-hydrogen) atoms. The van der Waals surface area contributed by atoms with Gasteiger partial charge in [-0.15, -0.1) is 0 Å². The maximum atomic E-state index is 6.23. The Bertz CT molecular complexity index is 728. The van der Waals surface area contributed by atoms with Crippen molar-refractivity contribution < 1.29 is 0 Å². The van der Waals surface area contributed by atoms with Crippen molar-refractivity contribution in [3.63, 3.8) is 0 Å². The molecule has 0 fully saturated rings. The minimum absolute atomic E-state index is 0.181. The second-order valence-corrected chi connectivity index (χ2v) is 7.63. The third-order valence-corrected chi connectivity index (χ3v) is 5.09. The summed E-state index contributed by atoms with van der Waals surface area (Å²) in [4.78, 5) is 2.46. The summed E-state index contributed by atoms with van der Waals surface area (Å²) in [5, 5.41) is 0.824. The van der Waals surface area contributed by atoms with Gasteiger partial charge in [-0.05, 0) is 53.6 Å². The highest BCUT2D eigenvalue weighted by molar-refractivity contribution is 6.30. The van der Waals surface area contributed by atoms with E-state index in [-0.39, 0.29) is 5.41 Å². The lowest BCUT2D eigenvalue weighted by Gasteiger charge is -2.40. The molecule has 0 saturated heterocycles. The normalized spacial score (nSPS) is 16.1. The lowest BCUT2D eigenvalue weighted by Crippen LogP contribution is -2.36. The fourth-order valence-corrected chi connectivity index (χ4v) is 3.45. The number of allylic oxidation sites excluding steroid dienone is 1. The van der Waals surface area contributed by atoms with E-state index in [1.807, 2.05) is 13.0 Å². The van der Waals surface area contributed by atoms with Crippen molar-refractivity contribution >= 4 is 22.9 Å². The Morgan fingerprint density at radius 3 is 2.52 bits per heavy atom. The van der Waals surface area contributed by atoms with Crippen molar-refractivity contribution in [2.45, 2.75) is 39.2 Å². The molecule has 0 radical (unpaired) electrons. The maximum absolute atomic E-state index is 6.23. The molecule has 1 nitrogen and oxygen atoms in total. The van der Waals surface area contributed by atoms with Crippen LogP contribution in [0.3, 0.4) is 0 Å². The minimum atomic E-state index is 0.181. The van der Waals surface area contributed by atoms with Gasteiger partial charge in [0.25, 0.3) is 0 Å². The van der Waals surface area contributed by atoms with Gasteiger partial charge < -0.3 is 4.90 Å². The summed E-state index contributed by atoms with van der Waals surface area (Å²) in [6.07, 6.45) is 1.14. The molecule has 1 aliphatic rings. The molecule has 0 bridgehead atoms. The summed E-state index contributed by atoms with van der Waals surface area (Å²) in [5.41, 5.74) is 6.50. The van der Waals surface area contributed by atoms with E-state index in [0.717, 1.165) is 30.1 Å². The zero-order valence-electron chi connectivity index (χ0n) is 14.2. The van der Waals surface area contributed by atoms with E-state index in [9.17, 15) is 0 Å². The van der Waals surface area contributed by atoms with Crippen LogP contribution in [-0.2, 0) is 12.0 Å². The summed E-state index contributed by atoms with van der Waals surface area (Å²) >= 11 is 6.23. The van der Waals surface area contributed by atoms with E-state index in [1.54, 1.807) is 0 Å². The fourth-order valence-electron chi connectivity index (χ4n) is 3.27. The van der Waals surface area contributed by atoms with Crippen molar-refractivity contribution in [1.29, 1.82) is 0 Å². The number of benzene rings is 2. The molecule has 1 heterocycles. The van der Waals surface area contributed by atoms with Crippen LogP contribution in [0.5, 0.6) is 0 Å². The average molecular weight is 326 g/mol. The van der Waals surface area contributed by atoms with Gasteiger partial charge >= 0.3 is 0 Å². The van der Waals surface area contributed by atoms with E-state index in [0.29, 0.717) is 0 Å². The third-order valence-electron chi connectivity index (χ3n) is 4.86. The molecule has 0 N–H and O–H groups in total. The van der Waals surface area contributed by atoms with Crippen LogP contribution in [0.2, 0.25) is 5.02 Å². The van der Waals surface area contributed by atoms with E-state index >= 15 is 0 Å². The summed E-state index contributed by atoms with van der Waals surface area (Å²) in [6, 6.07) is 15.0. The molecule has 2 aromatic rings. The number of halogens is 1. The SMILES string of the molecule is C=C(C)c1ccc(CN2CCC(C)(C)c3cc(Cl)ccc32)cc1. The van der Waals surface area contributed by atoms with Crippen LogP contribution in [0.1, 0.15) is 43.9 Å². The van der Waals surface area contributed by atoms with Crippen molar-refractivity contribution in [1.82, 2.24) is 0 Å². The van der Waals surface area contributed by atoms with Crippen molar-refractivity contribution in [2.75, 3.05) is 11.4 Å². The molecule has 2 aromatic carbocycles. The van der Waals surface area contributed by atoms with E-state index < -0.39 is 0 Å². The summed E-state index contributed by atoms with van der Waals surface area (Å²) < 4.78 is 0. The first kappa shape index (κ1) is 16.1. The molecular formula is C21H24ClN. The van der Waals surface area contributed by atoms with Crippen molar-refractivity contribution in [2.24, 2.45) is 0 Å². The fraction of sp³-hybridized carbons (Fsp3) is 0.333. The highest BCUT2D eigenvalue weighted by atomic mass is 35.5. The van der Waals surface area contributed by atoms with E-state index in [1.165, 1.54) is 22.4 Å². The van der Waals surface area contributed by atoms with Gasteiger partial charge in [-0.3, -0.25) is 0 Å². The van der Waals surface area contributed by atoms with E-state index in [2.05, 4.69) is 61.7 Å². The second-order valence-electron chi connectivity index (χ2n) is 7.19. The quantitative estimate of drug-likeness (QED) is 0.662. The zero-order chi connectivity index (χ0) is 16.6. The third kappa shape index (κ3) is 3.30. The first-order valence-electron chi connectivity index (χ1n) is 8.17. The van der Waals surface area contributed by atoms with Crippen LogP contribution in [0, 0.1) is 0 Å². The van der Waals surface area contributed by atoms with Gasteiger partial charge in [-0.2, -0.15) is 0 Å². The molecule has 0 aliphatic carbocycles. The molecule has 0 aromatic heterocycles. The predicted molar refractivity (Wildman–Crippen MR) is 101 cm³/mol. The van der Waals surface area contributed by atoms with E-state index in [4.69, 9.17) is 11.6 Å². The number of fused-ring (bicyclic) bond motifs is 1. The lowest BCUT2D eigenvalue weighted by atomic mass is 9.77. The number of hydrogen-bond donors (Lipinski definition) is 0. The molecule has 1 aliphatic heterocycles. The average Bonchev–Trinajstić information content (AvgIpc) is 2.51. The van der Waals surface area contributed by atoms with Crippen LogP contribution in [0.4, 0.5) is 5.69 Å². The largest absolute Gasteiger partial charge is 0.367 e. The monoisotopic (exact) mass is 325 g/mol. The molecule has 3 rings (SSSR count). The summed E-state index contributed by atoms with van der Waals surface area (Å²) in [5.74, 6) is 0. The van der Waals surface area contributed by atoms with Gasteiger partial charge in [0.2, 0.25) is 0 Å². The smallest absolute Gasteiger partial charge is 0.0429 e. The number of rotatable bonds is 3. The number of hydrogen-bond acceptors (Lipinski definition) is 1. The van der Waals surface area contributed by atoms with Crippen LogP contribution < -0.4 is 4.90 Å². The molecule has 120 valence electrons. The molecular weight excluding hydrogens is 302 g/mol. The Morgan fingerprint density at radius 1 is 1.17 bits per heavy atom. The Hall–Kier alpha value is -1.73. The van der Waals surface area contributed by atoms with Gasteiger partial charge in [0.1, 0.15) is 0 Å². The zero-order valence-corrected chi connectivity index (χ0v) is 15.0. The Kier molecular flexibility index (Phi) is 4.25. The topological polar surface area (TPSA) is 3.24 Å². The second kappa shape index (κ2) is 6.05. The Morgan fingerprint density at radius 2 is 1.87 bits per heavy atom. The highest BCUT2D eigenvalue weighted by Crippen LogP contribution is 2.41. The van der Waals surface area contributed by atoms with Crippen LogP contribution in [-0.4, -0.2) is 6.54 Å². The first-order chi connectivity index (χ1) is 10.9. The number of anilines is 1. The van der Waals surface area contributed by atoms with Crippen molar-refractivity contribution in [3.05, 3.63) is 70.8 Å². The van der Waals surface area contributed by atoms with Crippen LogP contribution in [0.25, 0.3) is 5.57 Å². The van der Waals surface area contributed by atoms with Gasteiger partial charge in [0.05, 0.1) is 0 Å². The van der Waals surface area contributed by atoms with Gasteiger partial charge in [0.15, 0.2) is 0 Å². The molecule has 2 heteroatoms. The number of nitrogens with zero attached hydrogens (tertiary/aromatic N) is 1. The lowest BCUT2D eigenvalue weighted by molar-refractivity contribution is 0.453. The first-order valence-corrected chi connectivity index (χ1v) is 8.54. The highest BCUT2D eigenvalue weighted by Gasteiger charge is 2.31. The summed E-state index contributed by atoms with van der Waals surface area (Å²) in [7, 11) is 0. The van der Waals surface area contributed by atoms with Gasteiger partial charge in [0, 0.05) is 23.8 Å². The minimum Gasteiger partial charge on any atom is -0.367 e. The molecule has 0 saturated carbocycles. The maximum Gasteiger partial charge on any atom is 0.0429 e. The molecule has 0 atom stereocenters.